The van der Waals surface area contributed by atoms with Crippen LogP contribution in [0, 0.1) is 11.8 Å². The molecule has 1 aromatic carbocycles. The molecule has 3 aliphatic rings. The fourth-order valence-electron chi connectivity index (χ4n) is 5.47. The van der Waals surface area contributed by atoms with E-state index in [1.807, 2.05) is 24.3 Å². The molecule has 8 nitrogen and oxygen atoms in total. The van der Waals surface area contributed by atoms with Gasteiger partial charge in [-0.1, -0.05) is 18.2 Å². The minimum absolute atomic E-state index is 0.198. The van der Waals surface area contributed by atoms with E-state index in [1.165, 1.54) is 0 Å². The minimum Gasteiger partial charge on any atom is -0.378 e. The quantitative estimate of drug-likeness (QED) is 0.614. The second-order valence-electron chi connectivity index (χ2n) is 9.83. The molecular formula is C24H33N3O5S2. The zero-order valence-corrected chi connectivity index (χ0v) is 21.0. The number of ether oxygens (including phenoxy) is 1. The number of aromatic nitrogens is 1. The maximum absolute atomic E-state index is 13.4. The van der Waals surface area contributed by atoms with Gasteiger partial charge in [-0.05, 0) is 56.6 Å². The van der Waals surface area contributed by atoms with Crippen molar-refractivity contribution in [3.63, 3.8) is 0 Å². The molecule has 2 unspecified atom stereocenters. The highest BCUT2D eigenvalue weighted by Crippen LogP contribution is 2.34. The summed E-state index contributed by atoms with van der Waals surface area (Å²) in [6, 6.07) is 9.32. The summed E-state index contributed by atoms with van der Waals surface area (Å²) in [5, 5.41) is 0.791. The second kappa shape index (κ2) is 9.72. The van der Waals surface area contributed by atoms with Gasteiger partial charge in [-0.3, -0.25) is 0 Å². The predicted molar refractivity (Wildman–Crippen MR) is 132 cm³/mol. The Hall–Kier alpha value is -1.75. The average molecular weight is 508 g/mol. The summed E-state index contributed by atoms with van der Waals surface area (Å²) in [5.41, 5.74) is 0.778. The van der Waals surface area contributed by atoms with Crippen LogP contribution in [0.5, 0.6) is 0 Å². The molecule has 0 amide bonds. The molecule has 2 atom stereocenters. The third-order valence-corrected chi connectivity index (χ3v) is 10.7. The number of fused-ring (bicyclic) bond motifs is 1. The molecule has 10 heteroatoms. The SMILES string of the molecule is O=S1(=O)CCC(CCNS(=O)(=O)c2cc3ccccc3nc2N2CCC(C3CCCO3)C2)CC1. The zero-order valence-electron chi connectivity index (χ0n) is 19.4. The zero-order chi connectivity index (χ0) is 23.8. The van der Waals surface area contributed by atoms with Crippen molar-refractivity contribution in [2.45, 2.75) is 49.5 Å². The summed E-state index contributed by atoms with van der Waals surface area (Å²) in [6.45, 7) is 2.60. The number of sulfone groups is 1. The lowest BCUT2D eigenvalue weighted by molar-refractivity contribution is 0.0705. The first kappa shape index (κ1) is 24.0. The fraction of sp³-hybridized carbons (Fsp3) is 0.625. The molecule has 1 N–H and O–H groups in total. The van der Waals surface area contributed by atoms with E-state index < -0.39 is 19.9 Å². The summed E-state index contributed by atoms with van der Waals surface area (Å²) < 4.78 is 58.9. The molecule has 0 aliphatic carbocycles. The molecular weight excluding hydrogens is 474 g/mol. The van der Waals surface area contributed by atoms with E-state index in [-0.39, 0.29) is 35.0 Å². The Morgan fingerprint density at radius 2 is 1.91 bits per heavy atom. The first-order chi connectivity index (χ1) is 16.3. The van der Waals surface area contributed by atoms with E-state index in [0.29, 0.717) is 31.0 Å². The van der Waals surface area contributed by atoms with Gasteiger partial charge in [-0.25, -0.2) is 26.5 Å². The van der Waals surface area contributed by atoms with Crippen molar-refractivity contribution in [3.05, 3.63) is 30.3 Å². The lowest BCUT2D eigenvalue weighted by atomic mass is 9.99. The van der Waals surface area contributed by atoms with Gasteiger partial charge in [0, 0.05) is 37.5 Å². The predicted octanol–water partition coefficient (Wildman–Crippen LogP) is 2.73. The molecule has 3 saturated heterocycles. The van der Waals surface area contributed by atoms with Gasteiger partial charge in [0.15, 0.2) is 0 Å². The fourth-order valence-corrected chi connectivity index (χ4v) is 8.30. The monoisotopic (exact) mass is 507 g/mol. The molecule has 0 spiro atoms. The van der Waals surface area contributed by atoms with E-state index in [0.717, 1.165) is 49.9 Å². The molecule has 2 aromatic rings. The van der Waals surface area contributed by atoms with Crippen molar-refractivity contribution in [1.82, 2.24) is 9.71 Å². The number of nitrogens with one attached hydrogen (secondary N) is 1. The van der Waals surface area contributed by atoms with Crippen molar-refractivity contribution in [3.8, 4) is 0 Å². The van der Waals surface area contributed by atoms with Crippen LogP contribution < -0.4 is 9.62 Å². The summed E-state index contributed by atoms with van der Waals surface area (Å²) in [5.74, 6) is 1.53. The molecule has 0 saturated carbocycles. The number of nitrogens with zero attached hydrogens (tertiary/aromatic N) is 2. The molecule has 34 heavy (non-hydrogen) atoms. The van der Waals surface area contributed by atoms with Crippen LogP contribution in [0.4, 0.5) is 5.82 Å². The van der Waals surface area contributed by atoms with Gasteiger partial charge in [-0.15, -0.1) is 0 Å². The molecule has 3 aliphatic heterocycles. The van der Waals surface area contributed by atoms with Gasteiger partial charge in [0.2, 0.25) is 10.0 Å². The van der Waals surface area contributed by atoms with E-state index in [9.17, 15) is 16.8 Å². The summed E-state index contributed by atoms with van der Waals surface area (Å²) >= 11 is 0. The standard InChI is InChI=1S/C24H33N3O5S2/c28-33(29)14-9-18(10-15-33)7-11-25-34(30,31)23-16-19-4-1-2-5-21(19)26-24(23)27-12-8-20(17-27)22-6-3-13-32-22/h1-2,4-5,16,18,20,22,25H,3,6-15,17H2. The van der Waals surface area contributed by atoms with Crippen LogP contribution in [0.25, 0.3) is 10.9 Å². The van der Waals surface area contributed by atoms with Crippen LogP contribution in [0.15, 0.2) is 35.2 Å². The molecule has 0 radical (unpaired) electrons. The Morgan fingerprint density at radius 3 is 2.68 bits per heavy atom. The number of sulfonamides is 1. The largest absolute Gasteiger partial charge is 0.378 e. The molecule has 0 bridgehead atoms. The Balaban J connectivity index is 1.34. The lowest BCUT2D eigenvalue weighted by Crippen LogP contribution is -2.32. The summed E-state index contributed by atoms with van der Waals surface area (Å²) in [7, 11) is -6.70. The summed E-state index contributed by atoms with van der Waals surface area (Å²) in [6.07, 6.45) is 5.22. The third-order valence-electron chi connectivity index (χ3n) is 7.49. The highest BCUT2D eigenvalue weighted by atomic mass is 32.2. The van der Waals surface area contributed by atoms with Crippen molar-refractivity contribution >= 4 is 36.6 Å². The van der Waals surface area contributed by atoms with Gasteiger partial charge in [-0.2, -0.15) is 0 Å². The van der Waals surface area contributed by atoms with Gasteiger partial charge in [0.05, 0.1) is 23.1 Å². The van der Waals surface area contributed by atoms with Gasteiger partial charge in [0.1, 0.15) is 20.6 Å². The smallest absolute Gasteiger partial charge is 0.244 e. The number of para-hydroxylation sites is 1. The van der Waals surface area contributed by atoms with Crippen LogP contribution in [0.1, 0.15) is 38.5 Å². The van der Waals surface area contributed by atoms with E-state index in [2.05, 4.69) is 9.62 Å². The topological polar surface area (TPSA) is 106 Å². The Bertz CT molecular complexity index is 1230. The lowest BCUT2D eigenvalue weighted by Gasteiger charge is -2.24. The van der Waals surface area contributed by atoms with Crippen LogP contribution in [0.2, 0.25) is 0 Å². The maximum Gasteiger partial charge on any atom is 0.244 e. The Kier molecular flexibility index (Phi) is 6.85. The molecule has 186 valence electrons. The van der Waals surface area contributed by atoms with Crippen LogP contribution >= 0.6 is 0 Å². The highest BCUT2D eigenvalue weighted by molar-refractivity contribution is 7.91. The number of rotatable bonds is 7. The first-order valence-electron chi connectivity index (χ1n) is 12.3. The average Bonchev–Trinajstić information content (AvgIpc) is 3.51. The highest BCUT2D eigenvalue weighted by Gasteiger charge is 2.35. The van der Waals surface area contributed by atoms with E-state index in [1.54, 1.807) is 6.07 Å². The molecule has 5 rings (SSSR count). The van der Waals surface area contributed by atoms with Gasteiger partial charge >= 0.3 is 0 Å². The van der Waals surface area contributed by atoms with Gasteiger partial charge in [0.25, 0.3) is 0 Å². The molecule has 1 aromatic heterocycles. The van der Waals surface area contributed by atoms with E-state index >= 15 is 0 Å². The maximum atomic E-state index is 13.4. The van der Waals surface area contributed by atoms with Crippen molar-refractivity contribution in [2.75, 3.05) is 42.6 Å². The number of hydrogen-bond donors (Lipinski definition) is 1. The van der Waals surface area contributed by atoms with Crippen molar-refractivity contribution < 1.29 is 21.6 Å². The van der Waals surface area contributed by atoms with Crippen LogP contribution in [-0.2, 0) is 24.6 Å². The number of pyridine rings is 1. The Labute approximate surface area is 202 Å². The number of anilines is 1. The Morgan fingerprint density at radius 1 is 1.12 bits per heavy atom. The third kappa shape index (κ3) is 5.24. The van der Waals surface area contributed by atoms with Crippen LogP contribution in [0.3, 0.4) is 0 Å². The first-order valence-corrected chi connectivity index (χ1v) is 15.6. The second-order valence-corrected chi connectivity index (χ2v) is 13.9. The molecule has 4 heterocycles. The summed E-state index contributed by atoms with van der Waals surface area (Å²) in [4.78, 5) is 7.11. The van der Waals surface area contributed by atoms with Crippen molar-refractivity contribution in [1.29, 1.82) is 0 Å². The van der Waals surface area contributed by atoms with E-state index in [4.69, 9.17) is 9.72 Å². The van der Waals surface area contributed by atoms with Gasteiger partial charge < -0.3 is 9.64 Å². The molecule has 3 fully saturated rings. The minimum atomic E-state index is -3.78. The van der Waals surface area contributed by atoms with Crippen LogP contribution in [-0.4, -0.2) is 65.7 Å². The number of benzene rings is 1. The number of hydrogen-bond acceptors (Lipinski definition) is 7. The normalized spacial score (nSPS) is 25.8. The van der Waals surface area contributed by atoms with Crippen molar-refractivity contribution in [2.24, 2.45) is 11.8 Å².